The normalized spacial score (nSPS) is 14.7. The van der Waals surface area contributed by atoms with Crippen LogP contribution in [-0.4, -0.2) is 25.4 Å². The molecule has 2 rings (SSSR count). The van der Waals surface area contributed by atoms with E-state index < -0.39 is 0 Å². The number of rotatable bonds is 5. The lowest BCUT2D eigenvalue weighted by Gasteiger charge is -2.21. The molecule has 0 amide bonds. The third kappa shape index (κ3) is 2.79. The number of imidazole rings is 1. The molecule has 2 aromatic rings. The maximum atomic E-state index is 4.36. The van der Waals surface area contributed by atoms with E-state index in [1.165, 1.54) is 5.56 Å². The van der Waals surface area contributed by atoms with E-state index in [9.17, 15) is 0 Å². The predicted octanol–water partition coefficient (Wildman–Crippen LogP) is 1.66. The van der Waals surface area contributed by atoms with Crippen LogP contribution in [0.3, 0.4) is 0 Å². The van der Waals surface area contributed by atoms with Crippen molar-refractivity contribution in [2.24, 2.45) is 7.05 Å². The predicted molar refractivity (Wildman–Crippen MR) is 71.2 cm³/mol. The Kier molecular flexibility index (Phi) is 3.81. The Morgan fingerprint density at radius 2 is 2.17 bits per heavy atom. The third-order valence-electron chi connectivity index (χ3n) is 3.37. The molecule has 0 fully saturated rings. The molecule has 98 valence electrons. The van der Waals surface area contributed by atoms with Crippen molar-refractivity contribution in [2.45, 2.75) is 39.4 Å². The summed E-state index contributed by atoms with van der Waals surface area (Å²) in [5.74, 6) is 1.05. The summed E-state index contributed by atoms with van der Waals surface area (Å²) in [6.07, 6.45) is 7.75. The van der Waals surface area contributed by atoms with E-state index in [2.05, 4.69) is 42.4 Å². The monoisotopic (exact) mass is 247 g/mol. The second kappa shape index (κ2) is 5.35. The van der Waals surface area contributed by atoms with Crippen LogP contribution in [-0.2, 0) is 13.6 Å². The average molecular weight is 247 g/mol. The fourth-order valence-corrected chi connectivity index (χ4v) is 1.87. The molecular formula is C13H21N5. The van der Waals surface area contributed by atoms with E-state index in [-0.39, 0.29) is 0 Å². The summed E-state index contributed by atoms with van der Waals surface area (Å²) in [5, 5.41) is 7.84. The molecule has 0 spiro atoms. The standard InChI is InChI=1S/C13H21N5/c1-10-7-16-18(9-10)12(3)11(2)15-8-13-14-5-6-17(13)4/h5-7,9,11-12,15H,8H2,1-4H3/t11-,12+/m1/s1. The molecule has 0 aliphatic rings. The van der Waals surface area contributed by atoms with Crippen LogP contribution in [0.15, 0.2) is 24.8 Å². The van der Waals surface area contributed by atoms with Gasteiger partial charge in [-0.2, -0.15) is 5.10 Å². The summed E-state index contributed by atoms with van der Waals surface area (Å²) in [5.41, 5.74) is 1.19. The number of aromatic nitrogens is 4. The molecule has 0 aliphatic carbocycles. The summed E-state index contributed by atoms with van der Waals surface area (Å²) in [4.78, 5) is 4.30. The van der Waals surface area contributed by atoms with Crippen molar-refractivity contribution in [1.29, 1.82) is 0 Å². The van der Waals surface area contributed by atoms with Crippen LogP contribution in [0.1, 0.15) is 31.3 Å². The highest BCUT2D eigenvalue weighted by Gasteiger charge is 2.14. The van der Waals surface area contributed by atoms with Crippen molar-refractivity contribution in [3.8, 4) is 0 Å². The van der Waals surface area contributed by atoms with Crippen molar-refractivity contribution in [1.82, 2.24) is 24.6 Å². The van der Waals surface area contributed by atoms with Gasteiger partial charge in [-0.25, -0.2) is 4.98 Å². The highest BCUT2D eigenvalue weighted by molar-refractivity contribution is 5.01. The molecule has 18 heavy (non-hydrogen) atoms. The molecule has 0 bridgehead atoms. The van der Waals surface area contributed by atoms with Crippen LogP contribution in [0, 0.1) is 6.92 Å². The van der Waals surface area contributed by atoms with E-state index in [0.717, 1.165) is 12.4 Å². The van der Waals surface area contributed by atoms with Crippen LogP contribution in [0.5, 0.6) is 0 Å². The van der Waals surface area contributed by atoms with E-state index in [4.69, 9.17) is 0 Å². The maximum absolute atomic E-state index is 4.36. The van der Waals surface area contributed by atoms with Crippen LogP contribution < -0.4 is 5.32 Å². The molecule has 5 heteroatoms. The van der Waals surface area contributed by atoms with E-state index >= 15 is 0 Å². The van der Waals surface area contributed by atoms with Crippen LogP contribution >= 0.6 is 0 Å². The minimum Gasteiger partial charge on any atom is -0.337 e. The summed E-state index contributed by atoms with van der Waals surface area (Å²) in [6.45, 7) is 7.17. The average Bonchev–Trinajstić information content (AvgIpc) is 2.94. The Labute approximate surface area is 108 Å². The molecule has 0 saturated heterocycles. The molecule has 0 saturated carbocycles. The first-order valence-electron chi connectivity index (χ1n) is 6.28. The molecule has 2 aromatic heterocycles. The van der Waals surface area contributed by atoms with Gasteiger partial charge in [0.25, 0.3) is 0 Å². The number of aryl methyl sites for hydroxylation is 2. The fraction of sp³-hybridized carbons (Fsp3) is 0.538. The molecule has 1 N–H and O–H groups in total. The highest BCUT2D eigenvalue weighted by Crippen LogP contribution is 2.11. The maximum Gasteiger partial charge on any atom is 0.122 e. The fourth-order valence-electron chi connectivity index (χ4n) is 1.87. The molecule has 2 atom stereocenters. The van der Waals surface area contributed by atoms with Gasteiger partial charge in [-0.15, -0.1) is 0 Å². The zero-order valence-electron chi connectivity index (χ0n) is 11.5. The van der Waals surface area contributed by atoms with Gasteiger partial charge in [0.05, 0.1) is 18.8 Å². The molecule has 0 unspecified atom stereocenters. The zero-order valence-corrected chi connectivity index (χ0v) is 11.5. The topological polar surface area (TPSA) is 47.7 Å². The van der Waals surface area contributed by atoms with Gasteiger partial charge in [0.2, 0.25) is 0 Å². The number of nitrogens with zero attached hydrogens (tertiary/aromatic N) is 4. The van der Waals surface area contributed by atoms with Crippen LogP contribution in [0.25, 0.3) is 0 Å². The second-order valence-corrected chi connectivity index (χ2v) is 4.86. The van der Waals surface area contributed by atoms with E-state index in [1.54, 1.807) is 0 Å². The number of hydrogen-bond donors (Lipinski definition) is 1. The third-order valence-corrected chi connectivity index (χ3v) is 3.37. The SMILES string of the molecule is Cc1cnn([C@@H](C)[C@@H](C)NCc2nccn2C)c1. The minimum absolute atomic E-state index is 0.318. The van der Waals surface area contributed by atoms with Crippen LogP contribution in [0.2, 0.25) is 0 Å². The molecular weight excluding hydrogens is 226 g/mol. The summed E-state index contributed by atoms with van der Waals surface area (Å²) < 4.78 is 4.04. The second-order valence-electron chi connectivity index (χ2n) is 4.86. The number of hydrogen-bond acceptors (Lipinski definition) is 3. The Morgan fingerprint density at radius 3 is 2.72 bits per heavy atom. The summed E-state index contributed by atoms with van der Waals surface area (Å²) >= 11 is 0. The van der Waals surface area contributed by atoms with Crippen molar-refractivity contribution < 1.29 is 0 Å². The Hall–Kier alpha value is -1.62. The molecule has 0 aromatic carbocycles. The van der Waals surface area contributed by atoms with Gasteiger partial charge in [0.15, 0.2) is 0 Å². The van der Waals surface area contributed by atoms with Crippen molar-refractivity contribution in [2.75, 3.05) is 0 Å². The van der Waals surface area contributed by atoms with Gasteiger partial charge in [0, 0.05) is 31.7 Å². The Balaban J connectivity index is 1.92. The van der Waals surface area contributed by atoms with Crippen molar-refractivity contribution >= 4 is 0 Å². The minimum atomic E-state index is 0.318. The first-order valence-corrected chi connectivity index (χ1v) is 6.28. The van der Waals surface area contributed by atoms with Gasteiger partial charge in [-0.1, -0.05) is 0 Å². The van der Waals surface area contributed by atoms with Gasteiger partial charge in [-0.3, -0.25) is 4.68 Å². The number of nitrogens with one attached hydrogen (secondary N) is 1. The Bertz CT molecular complexity index is 499. The summed E-state index contributed by atoms with van der Waals surface area (Å²) in [6, 6.07) is 0.653. The zero-order chi connectivity index (χ0) is 13.1. The van der Waals surface area contributed by atoms with Gasteiger partial charge in [0.1, 0.15) is 5.82 Å². The lowest BCUT2D eigenvalue weighted by atomic mass is 10.2. The molecule has 0 aliphatic heterocycles. The Morgan fingerprint density at radius 1 is 1.39 bits per heavy atom. The summed E-state index contributed by atoms with van der Waals surface area (Å²) in [7, 11) is 2.01. The van der Waals surface area contributed by atoms with Crippen LogP contribution in [0.4, 0.5) is 0 Å². The smallest absolute Gasteiger partial charge is 0.122 e. The first kappa shape index (κ1) is 12.8. The highest BCUT2D eigenvalue weighted by atomic mass is 15.3. The lowest BCUT2D eigenvalue weighted by Crippen LogP contribution is -2.34. The van der Waals surface area contributed by atoms with Gasteiger partial charge in [-0.05, 0) is 26.3 Å². The lowest BCUT2D eigenvalue weighted by molar-refractivity contribution is 0.361. The molecule has 2 heterocycles. The van der Waals surface area contributed by atoms with Crippen molar-refractivity contribution in [3.05, 3.63) is 36.2 Å². The quantitative estimate of drug-likeness (QED) is 0.874. The molecule has 5 nitrogen and oxygen atoms in total. The van der Waals surface area contributed by atoms with E-state index in [1.807, 2.05) is 34.9 Å². The van der Waals surface area contributed by atoms with E-state index in [0.29, 0.717) is 12.1 Å². The van der Waals surface area contributed by atoms with Gasteiger partial charge >= 0.3 is 0 Å². The van der Waals surface area contributed by atoms with Crippen molar-refractivity contribution in [3.63, 3.8) is 0 Å². The largest absolute Gasteiger partial charge is 0.337 e. The first-order chi connectivity index (χ1) is 8.58. The van der Waals surface area contributed by atoms with Gasteiger partial charge < -0.3 is 9.88 Å². The molecule has 0 radical (unpaired) electrons.